The molecule has 19 heavy (non-hydrogen) atoms. The molecule has 0 aliphatic heterocycles. The van der Waals surface area contributed by atoms with Crippen molar-refractivity contribution in [1.82, 2.24) is 5.32 Å². The SMILES string of the molecule is Cc1c(Br)cccc1C(=O)NCCC1=CCCCC1. The molecule has 0 saturated heterocycles. The van der Waals surface area contributed by atoms with Gasteiger partial charge in [0, 0.05) is 16.6 Å². The number of halogens is 1. The van der Waals surface area contributed by atoms with Crippen molar-refractivity contribution in [2.75, 3.05) is 6.54 Å². The molecule has 0 unspecified atom stereocenters. The van der Waals surface area contributed by atoms with Gasteiger partial charge in [0.2, 0.25) is 0 Å². The van der Waals surface area contributed by atoms with Gasteiger partial charge in [-0.05, 0) is 56.7 Å². The predicted octanol–water partition coefficient (Wildman–Crippen LogP) is 4.38. The van der Waals surface area contributed by atoms with Crippen LogP contribution in [-0.2, 0) is 0 Å². The van der Waals surface area contributed by atoms with Crippen LogP contribution in [0, 0.1) is 6.92 Å². The Morgan fingerprint density at radius 2 is 2.21 bits per heavy atom. The number of carbonyl (C=O) groups excluding carboxylic acids is 1. The zero-order valence-corrected chi connectivity index (χ0v) is 12.9. The summed E-state index contributed by atoms with van der Waals surface area (Å²) in [4.78, 5) is 12.1. The topological polar surface area (TPSA) is 29.1 Å². The number of nitrogens with one attached hydrogen (secondary N) is 1. The van der Waals surface area contributed by atoms with E-state index in [0.717, 1.165) is 28.6 Å². The third kappa shape index (κ3) is 3.93. The molecule has 0 heterocycles. The number of benzene rings is 1. The number of amides is 1. The second-order valence-electron chi connectivity index (χ2n) is 5.03. The summed E-state index contributed by atoms with van der Waals surface area (Å²) in [6.07, 6.45) is 8.33. The monoisotopic (exact) mass is 321 g/mol. The fourth-order valence-electron chi connectivity index (χ4n) is 2.42. The molecule has 1 aromatic rings. The molecular formula is C16H20BrNO. The summed E-state index contributed by atoms with van der Waals surface area (Å²) in [5.41, 5.74) is 3.25. The van der Waals surface area contributed by atoms with Crippen LogP contribution < -0.4 is 5.32 Å². The first kappa shape index (κ1) is 14.3. The molecule has 0 spiro atoms. The first-order valence-electron chi connectivity index (χ1n) is 6.89. The smallest absolute Gasteiger partial charge is 0.251 e. The largest absolute Gasteiger partial charge is 0.352 e. The molecule has 3 heteroatoms. The van der Waals surface area contributed by atoms with Crippen molar-refractivity contribution in [1.29, 1.82) is 0 Å². The third-order valence-corrected chi connectivity index (χ3v) is 4.49. The molecule has 1 amide bonds. The van der Waals surface area contributed by atoms with Crippen molar-refractivity contribution in [2.24, 2.45) is 0 Å². The average molecular weight is 322 g/mol. The van der Waals surface area contributed by atoms with Crippen molar-refractivity contribution in [3.63, 3.8) is 0 Å². The lowest BCUT2D eigenvalue weighted by molar-refractivity contribution is 0.0953. The van der Waals surface area contributed by atoms with Gasteiger partial charge in [0.15, 0.2) is 0 Å². The highest BCUT2D eigenvalue weighted by Crippen LogP contribution is 2.20. The van der Waals surface area contributed by atoms with E-state index in [1.165, 1.54) is 31.3 Å². The lowest BCUT2D eigenvalue weighted by atomic mass is 9.97. The quantitative estimate of drug-likeness (QED) is 0.819. The van der Waals surface area contributed by atoms with Crippen LogP contribution >= 0.6 is 15.9 Å². The van der Waals surface area contributed by atoms with E-state index < -0.39 is 0 Å². The Kier molecular flexibility index (Phi) is 5.20. The molecule has 1 N–H and O–H groups in total. The van der Waals surface area contributed by atoms with Gasteiger partial charge in [-0.3, -0.25) is 4.79 Å². The van der Waals surface area contributed by atoms with Gasteiger partial charge in [0.25, 0.3) is 5.91 Å². The van der Waals surface area contributed by atoms with Gasteiger partial charge >= 0.3 is 0 Å². The van der Waals surface area contributed by atoms with Crippen LogP contribution in [0.25, 0.3) is 0 Å². The molecule has 1 aromatic carbocycles. The van der Waals surface area contributed by atoms with Crippen LogP contribution in [0.1, 0.15) is 48.0 Å². The fraction of sp³-hybridized carbons (Fsp3) is 0.438. The fourth-order valence-corrected chi connectivity index (χ4v) is 2.78. The van der Waals surface area contributed by atoms with Crippen molar-refractivity contribution in [2.45, 2.75) is 39.0 Å². The molecule has 0 saturated carbocycles. The summed E-state index contributed by atoms with van der Waals surface area (Å²) in [6.45, 7) is 2.69. The molecule has 1 aliphatic rings. The summed E-state index contributed by atoms with van der Waals surface area (Å²) in [5.74, 6) is 0.0233. The average Bonchev–Trinajstić information content (AvgIpc) is 2.43. The van der Waals surface area contributed by atoms with E-state index in [1.807, 2.05) is 25.1 Å². The predicted molar refractivity (Wildman–Crippen MR) is 82.4 cm³/mol. The van der Waals surface area contributed by atoms with Crippen LogP contribution in [0.3, 0.4) is 0 Å². The highest BCUT2D eigenvalue weighted by Gasteiger charge is 2.10. The van der Waals surface area contributed by atoms with E-state index in [4.69, 9.17) is 0 Å². The highest BCUT2D eigenvalue weighted by atomic mass is 79.9. The molecule has 0 fully saturated rings. The zero-order chi connectivity index (χ0) is 13.7. The molecule has 0 atom stereocenters. The summed E-state index contributed by atoms with van der Waals surface area (Å²) in [5, 5.41) is 3.01. The highest BCUT2D eigenvalue weighted by molar-refractivity contribution is 9.10. The normalized spacial score (nSPS) is 14.9. The van der Waals surface area contributed by atoms with Crippen LogP contribution in [0.2, 0.25) is 0 Å². The van der Waals surface area contributed by atoms with Crippen molar-refractivity contribution in [3.8, 4) is 0 Å². The minimum absolute atomic E-state index is 0.0233. The minimum Gasteiger partial charge on any atom is -0.352 e. The Labute approximate surface area is 123 Å². The zero-order valence-electron chi connectivity index (χ0n) is 11.3. The number of rotatable bonds is 4. The van der Waals surface area contributed by atoms with E-state index in [0.29, 0.717) is 0 Å². The second-order valence-corrected chi connectivity index (χ2v) is 5.88. The van der Waals surface area contributed by atoms with Crippen molar-refractivity contribution >= 4 is 21.8 Å². The summed E-state index contributed by atoms with van der Waals surface area (Å²) in [6, 6.07) is 5.73. The lowest BCUT2D eigenvalue weighted by Crippen LogP contribution is -2.25. The van der Waals surface area contributed by atoms with E-state index in [2.05, 4.69) is 27.3 Å². The molecule has 2 nitrogen and oxygen atoms in total. The molecule has 0 radical (unpaired) electrons. The van der Waals surface area contributed by atoms with Crippen molar-refractivity contribution in [3.05, 3.63) is 45.4 Å². The van der Waals surface area contributed by atoms with E-state index in [9.17, 15) is 4.79 Å². The maximum atomic E-state index is 12.1. The maximum absolute atomic E-state index is 12.1. The van der Waals surface area contributed by atoms with E-state index >= 15 is 0 Å². The molecule has 2 rings (SSSR count). The van der Waals surface area contributed by atoms with Crippen LogP contribution in [0.4, 0.5) is 0 Å². The summed E-state index contributed by atoms with van der Waals surface area (Å²) < 4.78 is 0.982. The number of carbonyl (C=O) groups is 1. The number of hydrogen-bond donors (Lipinski definition) is 1. The van der Waals surface area contributed by atoms with Gasteiger partial charge in [-0.15, -0.1) is 0 Å². The Morgan fingerprint density at radius 3 is 2.95 bits per heavy atom. The minimum atomic E-state index is 0.0233. The van der Waals surface area contributed by atoms with Crippen LogP contribution in [0.5, 0.6) is 0 Å². The Hall–Kier alpha value is -1.09. The maximum Gasteiger partial charge on any atom is 0.251 e. The van der Waals surface area contributed by atoms with Gasteiger partial charge in [0.05, 0.1) is 0 Å². The molecular weight excluding hydrogens is 302 g/mol. The summed E-state index contributed by atoms with van der Waals surface area (Å²) in [7, 11) is 0. The second kappa shape index (κ2) is 6.90. The lowest BCUT2D eigenvalue weighted by Gasteiger charge is -2.13. The van der Waals surface area contributed by atoms with Crippen molar-refractivity contribution < 1.29 is 4.79 Å². The Morgan fingerprint density at radius 1 is 1.37 bits per heavy atom. The Balaban J connectivity index is 1.87. The van der Waals surface area contributed by atoms with Gasteiger partial charge < -0.3 is 5.32 Å². The molecule has 1 aliphatic carbocycles. The molecule has 0 aromatic heterocycles. The first-order chi connectivity index (χ1) is 9.18. The Bertz CT molecular complexity index is 494. The van der Waals surface area contributed by atoms with E-state index in [1.54, 1.807) is 0 Å². The van der Waals surface area contributed by atoms with E-state index in [-0.39, 0.29) is 5.91 Å². The standard InChI is InChI=1S/C16H20BrNO/c1-12-14(8-5-9-15(12)17)16(19)18-11-10-13-6-3-2-4-7-13/h5-6,8-9H,2-4,7,10-11H2,1H3,(H,18,19). The van der Waals surface area contributed by atoms with Gasteiger partial charge in [0.1, 0.15) is 0 Å². The van der Waals surface area contributed by atoms with Gasteiger partial charge in [-0.2, -0.15) is 0 Å². The number of allylic oxidation sites excluding steroid dienone is 1. The van der Waals surface area contributed by atoms with Gasteiger partial charge in [-0.25, -0.2) is 0 Å². The van der Waals surface area contributed by atoms with Crippen LogP contribution in [-0.4, -0.2) is 12.5 Å². The number of hydrogen-bond acceptors (Lipinski definition) is 1. The molecule has 0 bridgehead atoms. The van der Waals surface area contributed by atoms with Crippen LogP contribution in [0.15, 0.2) is 34.3 Å². The van der Waals surface area contributed by atoms with Gasteiger partial charge in [-0.1, -0.05) is 33.6 Å². The first-order valence-corrected chi connectivity index (χ1v) is 7.69. The third-order valence-electron chi connectivity index (χ3n) is 3.63. The molecule has 102 valence electrons. The summed E-state index contributed by atoms with van der Waals surface area (Å²) >= 11 is 3.46.